The molecule has 142 valence electrons. The normalized spacial score (nSPS) is 10.9. The Hall–Kier alpha value is -2.59. The first-order valence-corrected chi connectivity index (χ1v) is 8.78. The number of benzene rings is 1. The van der Waals surface area contributed by atoms with E-state index in [2.05, 4.69) is 30.9 Å². The van der Waals surface area contributed by atoms with E-state index >= 15 is 0 Å². The lowest BCUT2D eigenvalue weighted by molar-refractivity contribution is -0.132. The van der Waals surface area contributed by atoms with Crippen LogP contribution in [0.2, 0.25) is 5.15 Å². The summed E-state index contributed by atoms with van der Waals surface area (Å²) in [4.78, 5) is 23.7. The lowest BCUT2D eigenvalue weighted by Crippen LogP contribution is -2.08. The Labute approximate surface area is 167 Å². The van der Waals surface area contributed by atoms with E-state index in [1.165, 1.54) is 21.1 Å². The number of nitrogens with zero attached hydrogens (tertiary/aromatic N) is 4. The van der Waals surface area contributed by atoms with Gasteiger partial charge in [-0.05, 0) is 27.6 Å². The molecule has 0 fully saturated rings. The number of anilines is 1. The van der Waals surface area contributed by atoms with Gasteiger partial charge in [-0.15, -0.1) is 0 Å². The number of hydrogen-bond donors (Lipinski definition) is 1. The van der Waals surface area contributed by atoms with Crippen LogP contribution in [0, 0.1) is 0 Å². The Morgan fingerprint density at radius 2 is 2.04 bits per heavy atom. The number of carbonyl (C=O) groups excluding carboxylic acids is 1. The fourth-order valence-electron chi connectivity index (χ4n) is 2.56. The monoisotopic (exact) mass is 455 g/mol. The molecule has 0 spiro atoms. The number of nitrogens with two attached hydrogens (primary N) is 1. The minimum absolute atomic E-state index is 0.0497. The summed E-state index contributed by atoms with van der Waals surface area (Å²) >= 11 is 9.57. The molecule has 2 N–H and O–H groups in total. The molecule has 11 heteroatoms. The fourth-order valence-corrected chi connectivity index (χ4v) is 3.36. The number of hydrogen-bond acceptors (Lipinski definition) is 8. The zero-order valence-electron chi connectivity index (χ0n) is 14.6. The highest BCUT2D eigenvalue weighted by Crippen LogP contribution is 2.45. The summed E-state index contributed by atoms with van der Waals surface area (Å²) in [6.07, 6.45) is 1.58. The van der Waals surface area contributed by atoms with Crippen LogP contribution in [0.25, 0.3) is 11.2 Å². The summed E-state index contributed by atoms with van der Waals surface area (Å²) in [5.74, 6) is 0.420. The van der Waals surface area contributed by atoms with E-state index in [1.54, 1.807) is 17.0 Å². The molecular formula is C16H15BrClN5O4. The average molecular weight is 457 g/mol. The minimum Gasteiger partial charge on any atom is -0.493 e. The van der Waals surface area contributed by atoms with Gasteiger partial charge in [-0.3, -0.25) is 4.79 Å². The van der Waals surface area contributed by atoms with Gasteiger partial charge < -0.3 is 24.5 Å². The molecule has 0 saturated heterocycles. The van der Waals surface area contributed by atoms with Crippen LogP contribution in [-0.4, -0.2) is 39.7 Å². The van der Waals surface area contributed by atoms with Crippen molar-refractivity contribution in [1.82, 2.24) is 19.5 Å². The molecule has 0 aliphatic heterocycles. The van der Waals surface area contributed by atoms with E-state index in [0.29, 0.717) is 33.7 Å². The van der Waals surface area contributed by atoms with Crippen LogP contribution in [0.3, 0.4) is 0 Å². The number of rotatable bonds is 5. The van der Waals surface area contributed by atoms with Gasteiger partial charge in [0.05, 0.1) is 31.6 Å². The Morgan fingerprint density at radius 3 is 2.67 bits per heavy atom. The van der Waals surface area contributed by atoms with Crippen molar-refractivity contribution in [3.8, 4) is 17.2 Å². The number of methoxy groups -OCH3 is 2. The molecule has 0 saturated carbocycles. The quantitative estimate of drug-likeness (QED) is 0.354. The number of halogens is 2. The third-order valence-corrected chi connectivity index (χ3v) is 4.80. The summed E-state index contributed by atoms with van der Waals surface area (Å²) < 4.78 is 18.4. The van der Waals surface area contributed by atoms with E-state index in [4.69, 9.17) is 31.5 Å². The SMILES string of the molecule is COc1cc(Cn2cnc3c(Cl)nc(N)nc32)c(Br)c(OC)c1OC(C)=O. The van der Waals surface area contributed by atoms with Crippen molar-refractivity contribution in [3.05, 3.63) is 27.6 Å². The van der Waals surface area contributed by atoms with Crippen LogP contribution in [-0.2, 0) is 11.3 Å². The maximum atomic E-state index is 11.4. The maximum absolute atomic E-state index is 11.4. The van der Waals surface area contributed by atoms with Crippen LogP contribution < -0.4 is 19.9 Å². The molecule has 0 aliphatic carbocycles. The van der Waals surface area contributed by atoms with E-state index < -0.39 is 5.97 Å². The number of fused-ring (bicyclic) bond motifs is 1. The highest BCUT2D eigenvalue weighted by Gasteiger charge is 2.22. The lowest BCUT2D eigenvalue weighted by Gasteiger charge is -2.17. The number of carbonyl (C=O) groups is 1. The standard InChI is InChI=1S/C16H15BrClN5O4/c1-7(24)27-12-9(25-2)4-8(10(17)13(12)26-3)5-23-6-20-11-14(18)21-16(19)22-15(11)23/h4,6H,5H2,1-3H3,(H2,19,21,22). The molecule has 9 nitrogen and oxygen atoms in total. The number of esters is 1. The predicted octanol–water partition coefficient (Wildman–Crippen LogP) is 2.82. The molecule has 2 aromatic heterocycles. The van der Waals surface area contributed by atoms with Gasteiger partial charge in [0.15, 0.2) is 22.3 Å². The first-order valence-electron chi connectivity index (χ1n) is 7.61. The van der Waals surface area contributed by atoms with E-state index in [1.807, 2.05) is 0 Å². The zero-order chi connectivity index (χ0) is 19.7. The van der Waals surface area contributed by atoms with Gasteiger partial charge in [0.2, 0.25) is 11.7 Å². The summed E-state index contributed by atoms with van der Waals surface area (Å²) in [6, 6.07) is 1.73. The summed E-state index contributed by atoms with van der Waals surface area (Å²) in [5.41, 5.74) is 7.39. The third-order valence-electron chi connectivity index (χ3n) is 3.67. The van der Waals surface area contributed by atoms with Gasteiger partial charge in [-0.25, -0.2) is 4.98 Å². The topological polar surface area (TPSA) is 114 Å². The van der Waals surface area contributed by atoms with Crippen LogP contribution in [0.1, 0.15) is 12.5 Å². The highest BCUT2D eigenvalue weighted by molar-refractivity contribution is 9.10. The molecule has 3 aromatic rings. The first-order chi connectivity index (χ1) is 12.8. The van der Waals surface area contributed by atoms with Gasteiger partial charge >= 0.3 is 5.97 Å². The number of ether oxygens (including phenoxy) is 3. The number of imidazole rings is 1. The van der Waals surface area contributed by atoms with Crippen molar-refractivity contribution < 1.29 is 19.0 Å². The van der Waals surface area contributed by atoms with Crippen LogP contribution >= 0.6 is 27.5 Å². The minimum atomic E-state index is -0.492. The van der Waals surface area contributed by atoms with Gasteiger partial charge in [0.25, 0.3) is 0 Å². The van der Waals surface area contributed by atoms with Crippen molar-refractivity contribution >= 4 is 50.6 Å². The van der Waals surface area contributed by atoms with Gasteiger partial charge in [0.1, 0.15) is 5.52 Å². The highest BCUT2D eigenvalue weighted by atomic mass is 79.9. The van der Waals surface area contributed by atoms with Crippen molar-refractivity contribution in [2.45, 2.75) is 13.5 Å². The van der Waals surface area contributed by atoms with Gasteiger partial charge in [-0.1, -0.05) is 11.6 Å². The smallest absolute Gasteiger partial charge is 0.308 e. The van der Waals surface area contributed by atoms with Crippen molar-refractivity contribution in [2.24, 2.45) is 0 Å². The molecule has 1 aromatic carbocycles. The van der Waals surface area contributed by atoms with Crippen molar-refractivity contribution in [3.63, 3.8) is 0 Å². The second kappa shape index (κ2) is 7.57. The Kier molecular flexibility index (Phi) is 5.38. The molecule has 0 unspecified atom stereocenters. The molecule has 2 heterocycles. The second-order valence-electron chi connectivity index (χ2n) is 5.43. The molecule has 0 radical (unpaired) electrons. The molecule has 0 atom stereocenters. The van der Waals surface area contributed by atoms with E-state index in [-0.39, 0.29) is 16.9 Å². The average Bonchev–Trinajstić information content (AvgIpc) is 3.00. The molecule has 0 bridgehead atoms. The van der Waals surface area contributed by atoms with E-state index in [0.717, 1.165) is 5.56 Å². The van der Waals surface area contributed by atoms with Crippen LogP contribution in [0.5, 0.6) is 17.2 Å². The maximum Gasteiger partial charge on any atom is 0.308 e. The molecule has 0 amide bonds. The summed E-state index contributed by atoms with van der Waals surface area (Å²) in [6.45, 7) is 1.64. The molecule has 27 heavy (non-hydrogen) atoms. The molecule has 3 rings (SSSR count). The molecular weight excluding hydrogens is 442 g/mol. The number of aromatic nitrogens is 4. The summed E-state index contributed by atoms with van der Waals surface area (Å²) in [5, 5.41) is 0.177. The van der Waals surface area contributed by atoms with E-state index in [9.17, 15) is 4.79 Å². The van der Waals surface area contributed by atoms with Crippen LogP contribution in [0.4, 0.5) is 5.95 Å². The number of nitrogen functional groups attached to an aromatic ring is 1. The predicted molar refractivity (Wildman–Crippen MR) is 102 cm³/mol. The Morgan fingerprint density at radius 1 is 1.30 bits per heavy atom. The Bertz CT molecular complexity index is 1040. The third kappa shape index (κ3) is 3.62. The van der Waals surface area contributed by atoms with Gasteiger partial charge in [-0.2, -0.15) is 9.97 Å². The second-order valence-corrected chi connectivity index (χ2v) is 6.58. The van der Waals surface area contributed by atoms with Gasteiger partial charge in [0, 0.05) is 6.92 Å². The largest absolute Gasteiger partial charge is 0.493 e. The lowest BCUT2D eigenvalue weighted by atomic mass is 10.1. The van der Waals surface area contributed by atoms with Crippen molar-refractivity contribution in [2.75, 3.05) is 20.0 Å². The Balaban J connectivity index is 2.11. The summed E-state index contributed by atoms with van der Waals surface area (Å²) in [7, 11) is 2.94. The van der Waals surface area contributed by atoms with Crippen molar-refractivity contribution in [1.29, 1.82) is 0 Å². The fraction of sp³-hybridized carbons (Fsp3) is 0.250. The molecule has 0 aliphatic rings. The zero-order valence-corrected chi connectivity index (χ0v) is 17.0. The van der Waals surface area contributed by atoms with Crippen LogP contribution in [0.15, 0.2) is 16.9 Å². The first kappa shape index (κ1) is 19.2.